The zero-order chi connectivity index (χ0) is 19.9. The minimum atomic E-state index is -0.330. The van der Waals surface area contributed by atoms with Gasteiger partial charge in [0, 0.05) is 17.1 Å². The van der Waals surface area contributed by atoms with Crippen LogP contribution < -0.4 is 15.6 Å². The van der Waals surface area contributed by atoms with Gasteiger partial charge in [0.1, 0.15) is 11.4 Å². The summed E-state index contributed by atoms with van der Waals surface area (Å²) in [5.41, 5.74) is 1.50. The van der Waals surface area contributed by atoms with Crippen molar-refractivity contribution in [1.82, 2.24) is 15.2 Å². The second kappa shape index (κ2) is 9.38. The normalized spacial score (nSPS) is 10.5. The molecule has 0 saturated heterocycles. The number of methoxy groups -OCH3 is 1. The van der Waals surface area contributed by atoms with Crippen molar-refractivity contribution in [2.75, 3.05) is 18.2 Å². The molecule has 3 aromatic rings. The minimum Gasteiger partial charge on any atom is -0.497 e. The molecule has 1 aromatic heterocycles. The van der Waals surface area contributed by atoms with Crippen LogP contribution in [0.2, 0.25) is 5.02 Å². The Kier molecular flexibility index (Phi) is 6.67. The summed E-state index contributed by atoms with van der Waals surface area (Å²) in [6.07, 6.45) is 0.354. The van der Waals surface area contributed by atoms with Crippen molar-refractivity contribution < 1.29 is 9.53 Å². The van der Waals surface area contributed by atoms with Gasteiger partial charge in [0.2, 0.25) is 5.91 Å². The van der Waals surface area contributed by atoms with Crippen molar-refractivity contribution in [2.24, 2.45) is 0 Å². The molecule has 1 heterocycles. The van der Waals surface area contributed by atoms with E-state index in [1.807, 2.05) is 24.3 Å². The van der Waals surface area contributed by atoms with Crippen molar-refractivity contribution in [2.45, 2.75) is 11.6 Å². The fraction of sp³-hybridized carbons (Fsp3) is 0.158. The van der Waals surface area contributed by atoms with E-state index < -0.39 is 0 Å². The van der Waals surface area contributed by atoms with E-state index >= 15 is 0 Å². The number of aromatic amines is 1. The molecule has 0 spiro atoms. The number of nitrogens with one attached hydrogen (secondary N) is 2. The van der Waals surface area contributed by atoms with Crippen LogP contribution in [0, 0.1) is 0 Å². The average molecular weight is 417 g/mol. The molecule has 0 bridgehead atoms. The molecule has 2 aromatic carbocycles. The molecule has 0 aliphatic heterocycles. The van der Waals surface area contributed by atoms with Crippen molar-refractivity contribution in [3.05, 3.63) is 75.2 Å². The Morgan fingerprint density at radius 2 is 2.00 bits per heavy atom. The Labute approximate surface area is 170 Å². The number of carbonyl (C=O) groups is 1. The minimum absolute atomic E-state index is 0.0783. The quantitative estimate of drug-likeness (QED) is 0.574. The summed E-state index contributed by atoms with van der Waals surface area (Å²) in [4.78, 5) is 26.9. The van der Waals surface area contributed by atoms with E-state index in [-0.39, 0.29) is 22.4 Å². The Bertz CT molecular complexity index is 1020. The van der Waals surface area contributed by atoms with E-state index in [4.69, 9.17) is 16.3 Å². The van der Waals surface area contributed by atoms with Crippen LogP contribution in [0.5, 0.6) is 5.75 Å². The molecular weight excluding hydrogens is 400 g/mol. The summed E-state index contributed by atoms with van der Waals surface area (Å²) in [5.74, 6) is 0.582. The molecule has 2 N–H and O–H groups in total. The summed E-state index contributed by atoms with van der Waals surface area (Å²) in [7, 11) is 1.59. The van der Waals surface area contributed by atoms with Crippen LogP contribution in [-0.2, 0) is 11.2 Å². The number of ether oxygens (including phenoxy) is 1. The van der Waals surface area contributed by atoms with Crippen LogP contribution in [0.15, 0.2) is 58.5 Å². The number of rotatable bonds is 7. The maximum absolute atomic E-state index is 12.2. The lowest BCUT2D eigenvalue weighted by molar-refractivity contribution is -0.113. The molecule has 28 heavy (non-hydrogen) atoms. The van der Waals surface area contributed by atoms with Crippen molar-refractivity contribution in [3.63, 3.8) is 0 Å². The van der Waals surface area contributed by atoms with E-state index in [1.54, 1.807) is 31.4 Å². The van der Waals surface area contributed by atoms with E-state index in [9.17, 15) is 9.59 Å². The van der Waals surface area contributed by atoms with Crippen molar-refractivity contribution >= 4 is 35.0 Å². The average Bonchev–Trinajstić information content (AvgIpc) is 2.69. The number of anilines is 1. The van der Waals surface area contributed by atoms with Gasteiger partial charge in [0.25, 0.3) is 5.56 Å². The van der Waals surface area contributed by atoms with Gasteiger partial charge in [-0.25, -0.2) is 0 Å². The molecular formula is C19H17ClN4O3S. The van der Waals surface area contributed by atoms with E-state index in [0.717, 1.165) is 23.1 Å². The van der Waals surface area contributed by atoms with Gasteiger partial charge >= 0.3 is 0 Å². The van der Waals surface area contributed by atoms with Crippen LogP contribution >= 0.6 is 23.4 Å². The number of carbonyl (C=O) groups excluding carboxylic acids is 1. The van der Waals surface area contributed by atoms with Gasteiger partial charge in [-0.3, -0.25) is 14.6 Å². The summed E-state index contributed by atoms with van der Waals surface area (Å²) in [5, 5.41) is 11.5. The first-order chi connectivity index (χ1) is 13.5. The molecule has 0 unspecified atom stereocenters. The third-order valence-corrected chi connectivity index (χ3v) is 4.82. The molecule has 1 amide bonds. The SMILES string of the molecule is COc1ccc(Cc2nnc(SCC(=O)Nc3cccc(Cl)c3)[nH]c2=O)cc1. The summed E-state index contributed by atoms with van der Waals surface area (Å²) in [6.45, 7) is 0. The molecule has 0 radical (unpaired) electrons. The number of nitrogens with zero attached hydrogens (tertiary/aromatic N) is 2. The van der Waals surface area contributed by atoms with Gasteiger partial charge in [-0.05, 0) is 35.9 Å². The smallest absolute Gasteiger partial charge is 0.273 e. The third-order valence-electron chi connectivity index (χ3n) is 3.72. The Morgan fingerprint density at radius 1 is 1.21 bits per heavy atom. The summed E-state index contributed by atoms with van der Waals surface area (Å²) < 4.78 is 5.11. The standard InChI is InChI=1S/C19H17ClN4O3S/c1-27-15-7-5-12(6-8-15)9-16-18(26)22-19(24-23-16)28-11-17(25)21-14-4-2-3-13(20)10-14/h2-8,10H,9,11H2,1H3,(H,21,25)(H,22,24,26). The van der Waals surface area contributed by atoms with Crippen molar-refractivity contribution in [1.29, 1.82) is 0 Å². The number of hydrogen-bond donors (Lipinski definition) is 2. The monoisotopic (exact) mass is 416 g/mol. The molecule has 0 aliphatic carbocycles. The van der Waals surface area contributed by atoms with Crippen LogP contribution in [0.4, 0.5) is 5.69 Å². The fourth-order valence-electron chi connectivity index (χ4n) is 2.36. The maximum Gasteiger partial charge on any atom is 0.273 e. The van der Waals surface area contributed by atoms with Gasteiger partial charge in [-0.2, -0.15) is 0 Å². The molecule has 144 valence electrons. The molecule has 0 atom stereocenters. The van der Waals surface area contributed by atoms with Gasteiger partial charge in [0.15, 0.2) is 5.16 Å². The summed E-state index contributed by atoms with van der Waals surface area (Å²) in [6, 6.07) is 14.2. The van der Waals surface area contributed by atoms with E-state index in [0.29, 0.717) is 22.8 Å². The predicted molar refractivity (Wildman–Crippen MR) is 109 cm³/mol. The highest BCUT2D eigenvalue weighted by Crippen LogP contribution is 2.17. The van der Waals surface area contributed by atoms with Gasteiger partial charge in [-0.15, -0.1) is 10.2 Å². The second-order valence-electron chi connectivity index (χ2n) is 5.78. The van der Waals surface area contributed by atoms with Crippen LogP contribution in [-0.4, -0.2) is 34.0 Å². The van der Waals surface area contributed by atoms with Gasteiger partial charge < -0.3 is 10.1 Å². The third kappa shape index (κ3) is 5.58. The Hall–Kier alpha value is -2.84. The summed E-state index contributed by atoms with van der Waals surface area (Å²) >= 11 is 6.98. The number of amides is 1. The lowest BCUT2D eigenvalue weighted by Crippen LogP contribution is -2.19. The highest BCUT2D eigenvalue weighted by molar-refractivity contribution is 7.99. The Morgan fingerprint density at radius 3 is 2.68 bits per heavy atom. The molecule has 7 nitrogen and oxygen atoms in total. The predicted octanol–water partition coefficient (Wildman–Crippen LogP) is 3.15. The molecule has 0 aliphatic rings. The largest absolute Gasteiger partial charge is 0.497 e. The highest BCUT2D eigenvalue weighted by atomic mass is 35.5. The first-order valence-corrected chi connectivity index (χ1v) is 9.67. The van der Waals surface area contributed by atoms with Crippen molar-refractivity contribution in [3.8, 4) is 5.75 Å². The molecule has 3 rings (SSSR count). The van der Waals surface area contributed by atoms with Gasteiger partial charge in [0.05, 0.1) is 12.9 Å². The van der Waals surface area contributed by atoms with Gasteiger partial charge in [-0.1, -0.05) is 41.6 Å². The van der Waals surface area contributed by atoms with E-state index in [2.05, 4.69) is 20.5 Å². The highest BCUT2D eigenvalue weighted by Gasteiger charge is 2.09. The number of halogens is 1. The second-order valence-corrected chi connectivity index (χ2v) is 7.18. The molecule has 0 saturated carbocycles. The fourth-order valence-corrected chi connectivity index (χ4v) is 3.15. The zero-order valence-corrected chi connectivity index (χ0v) is 16.5. The van der Waals surface area contributed by atoms with Crippen LogP contribution in [0.1, 0.15) is 11.3 Å². The topological polar surface area (TPSA) is 97.0 Å². The Balaban J connectivity index is 1.57. The van der Waals surface area contributed by atoms with Crippen LogP contribution in [0.3, 0.4) is 0 Å². The first-order valence-electron chi connectivity index (χ1n) is 8.30. The molecule has 0 fully saturated rings. The zero-order valence-electron chi connectivity index (χ0n) is 14.9. The lowest BCUT2D eigenvalue weighted by Gasteiger charge is -2.05. The number of thioether (sulfide) groups is 1. The molecule has 9 heteroatoms. The lowest BCUT2D eigenvalue weighted by atomic mass is 10.1. The number of aromatic nitrogens is 3. The number of hydrogen-bond acceptors (Lipinski definition) is 6. The van der Waals surface area contributed by atoms with E-state index in [1.165, 1.54) is 0 Å². The number of benzene rings is 2. The first kappa shape index (κ1) is 19.9. The number of H-pyrrole nitrogens is 1. The van der Waals surface area contributed by atoms with Crippen LogP contribution in [0.25, 0.3) is 0 Å². The maximum atomic E-state index is 12.2.